The number of imidazole rings is 1. The van der Waals surface area contributed by atoms with Crippen LogP contribution in [0.25, 0.3) is 49.3 Å². The Labute approximate surface area is 421 Å². The summed E-state index contributed by atoms with van der Waals surface area (Å²) in [6.45, 7) is 0. The molecule has 0 spiro atoms. The molecule has 0 saturated heterocycles. The van der Waals surface area contributed by atoms with Gasteiger partial charge in [0.25, 0.3) is 0 Å². The number of fused-ring (bicyclic) bond motifs is 12. The summed E-state index contributed by atoms with van der Waals surface area (Å²) in [6, 6.07) is 90.0. The standard InChI is InChI=1S/C62H40N4OSi2.Pt/c1-5-20-44(21-6-1)68(45-22-7-2-8-23-45,49-34-35-50-51-29-13-15-31-55(51)65-40-39-64-61(65)54(50)42-49)48-28-17-19-43(41-48)66-59-57(37-36-53-52-30-14-16-32-56(52)67-60(53)59)69(46-24-9-3-10-25-46,47-26-11-4-12-27-47)58-33-18-38-63-62(58)66;/h1-40H;/q-2;+2. The van der Waals surface area contributed by atoms with Crippen LogP contribution in [0.5, 0.6) is 0 Å². The molecule has 5 heterocycles. The SMILES string of the molecule is [Pt+2].[c-]1c(N2c3ncccc3[Si](c3ccccc3)(c3ccccc3)c3ccc4c(oc5ccccc54)c32)cccc1[Si](c1[c-]c2c(cc1)c1ccccc1n1ccnc21)(c1ccccc1)c1ccccc1. The Kier molecular flexibility index (Phi) is 10.0. The summed E-state index contributed by atoms with van der Waals surface area (Å²) in [7, 11) is -6.32. The van der Waals surface area contributed by atoms with Crippen LogP contribution in [0.15, 0.2) is 247 Å². The van der Waals surface area contributed by atoms with Crippen LogP contribution in [-0.4, -0.2) is 30.5 Å². The van der Waals surface area contributed by atoms with E-state index in [2.05, 4.69) is 252 Å². The monoisotopic (exact) mass is 1110 g/mol. The number of pyridine rings is 2. The Hall–Kier alpha value is -7.94. The van der Waals surface area contributed by atoms with Gasteiger partial charge in [-0.25, -0.2) is 4.98 Å². The second kappa shape index (κ2) is 16.6. The number of nitrogens with zero attached hydrogens (tertiary/aromatic N) is 4. The maximum atomic E-state index is 7.12. The molecule has 0 fully saturated rings. The molecular weight excluding hydrogens is 1070 g/mol. The van der Waals surface area contributed by atoms with E-state index in [9.17, 15) is 0 Å². The molecule has 14 rings (SSSR count). The molecule has 0 bridgehead atoms. The van der Waals surface area contributed by atoms with Crippen molar-refractivity contribution in [3.63, 3.8) is 0 Å². The number of benzene rings is 9. The Morgan fingerprint density at radius 1 is 0.471 bits per heavy atom. The Morgan fingerprint density at radius 3 is 1.83 bits per heavy atom. The zero-order valence-corrected chi connectivity index (χ0v) is 41.9. The molecule has 70 heavy (non-hydrogen) atoms. The van der Waals surface area contributed by atoms with E-state index in [1.165, 1.54) is 36.5 Å². The van der Waals surface area contributed by atoms with Gasteiger partial charge in [-0.3, -0.25) is 4.98 Å². The minimum atomic E-state index is -3.25. The summed E-state index contributed by atoms with van der Waals surface area (Å²) in [5.74, 6) is 0.878. The van der Waals surface area contributed by atoms with Crippen molar-refractivity contribution in [1.29, 1.82) is 0 Å². The van der Waals surface area contributed by atoms with Crippen molar-refractivity contribution < 1.29 is 25.5 Å². The van der Waals surface area contributed by atoms with Gasteiger partial charge in [0, 0.05) is 34.9 Å². The molecule has 9 aromatic carbocycles. The van der Waals surface area contributed by atoms with Gasteiger partial charge in [-0.2, -0.15) is 23.4 Å². The fourth-order valence-corrected chi connectivity index (χ4v) is 21.2. The first kappa shape index (κ1) is 42.2. The summed E-state index contributed by atoms with van der Waals surface area (Å²) in [5, 5.41) is 15.1. The smallest absolute Gasteiger partial charge is 0.454 e. The van der Waals surface area contributed by atoms with Crippen molar-refractivity contribution >= 4 is 124 Å². The van der Waals surface area contributed by atoms with Crippen LogP contribution in [0, 0.1) is 12.1 Å². The Morgan fingerprint density at radius 2 is 1.10 bits per heavy atom. The van der Waals surface area contributed by atoms with E-state index in [0.717, 1.165) is 71.4 Å². The van der Waals surface area contributed by atoms with Crippen molar-refractivity contribution in [1.82, 2.24) is 14.4 Å². The molecule has 5 nitrogen and oxygen atoms in total. The number of para-hydroxylation sites is 2. The van der Waals surface area contributed by atoms with Gasteiger partial charge < -0.3 is 13.7 Å². The van der Waals surface area contributed by atoms with Gasteiger partial charge in [0.1, 0.15) is 19.5 Å². The quantitative estimate of drug-likeness (QED) is 0.0693. The third-order valence-corrected chi connectivity index (χ3v) is 23.9. The number of rotatable bonds is 7. The predicted octanol–water partition coefficient (Wildman–Crippen LogP) is 9.07. The topological polar surface area (TPSA) is 46.6 Å². The van der Waals surface area contributed by atoms with E-state index in [1.54, 1.807) is 0 Å². The van der Waals surface area contributed by atoms with Gasteiger partial charge in [0.2, 0.25) is 0 Å². The Bertz CT molecular complexity index is 4030. The number of hydrogen-bond donors (Lipinski definition) is 0. The second-order valence-electron chi connectivity index (χ2n) is 17.9. The number of hydrogen-bond acceptors (Lipinski definition) is 4. The summed E-state index contributed by atoms with van der Waals surface area (Å²) in [6.07, 6.45) is 5.89. The van der Waals surface area contributed by atoms with Crippen LogP contribution < -0.4 is 46.4 Å². The van der Waals surface area contributed by atoms with E-state index < -0.39 is 16.1 Å². The predicted molar refractivity (Wildman–Crippen MR) is 288 cm³/mol. The Balaban J connectivity index is 0.00000480. The van der Waals surface area contributed by atoms with Gasteiger partial charge >= 0.3 is 21.1 Å². The molecule has 0 aliphatic carbocycles. The van der Waals surface area contributed by atoms with Gasteiger partial charge in [-0.1, -0.05) is 187 Å². The normalized spacial score (nSPS) is 13.1. The second-order valence-corrected chi connectivity index (χ2v) is 25.3. The van der Waals surface area contributed by atoms with Crippen LogP contribution in [0.1, 0.15) is 0 Å². The van der Waals surface area contributed by atoms with Crippen LogP contribution in [0.2, 0.25) is 0 Å². The van der Waals surface area contributed by atoms with Gasteiger partial charge in [-0.05, 0) is 54.7 Å². The number of furan rings is 1. The van der Waals surface area contributed by atoms with Crippen molar-refractivity contribution in [3.05, 3.63) is 255 Å². The van der Waals surface area contributed by atoms with Crippen LogP contribution in [0.4, 0.5) is 17.2 Å². The molecule has 0 saturated carbocycles. The van der Waals surface area contributed by atoms with E-state index in [-0.39, 0.29) is 21.1 Å². The van der Waals surface area contributed by atoms with Crippen LogP contribution in [0.3, 0.4) is 0 Å². The minimum Gasteiger partial charge on any atom is -0.454 e. The molecule has 8 heteroatoms. The van der Waals surface area contributed by atoms with Gasteiger partial charge in [0.15, 0.2) is 13.7 Å². The van der Waals surface area contributed by atoms with E-state index in [4.69, 9.17) is 14.4 Å². The summed E-state index contributed by atoms with van der Waals surface area (Å²) in [5.41, 5.74) is 5.58. The van der Waals surface area contributed by atoms with Gasteiger partial charge in [0.05, 0.1) is 11.3 Å². The molecule has 1 aliphatic heterocycles. The third kappa shape index (κ3) is 5.99. The average molecular weight is 1110 g/mol. The van der Waals surface area contributed by atoms with Crippen molar-refractivity contribution in [2.45, 2.75) is 0 Å². The zero-order valence-electron chi connectivity index (χ0n) is 37.6. The first-order valence-corrected chi connectivity index (χ1v) is 27.4. The molecule has 332 valence electrons. The largest absolute Gasteiger partial charge is 2.00 e. The van der Waals surface area contributed by atoms with Gasteiger partial charge in [-0.15, -0.1) is 34.8 Å². The van der Waals surface area contributed by atoms with Crippen molar-refractivity contribution in [2.24, 2.45) is 0 Å². The zero-order chi connectivity index (χ0) is 45.5. The molecule has 0 unspecified atom stereocenters. The summed E-state index contributed by atoms with van der Waals surface area (Å²) < 4.78 is 9.32. The summed E-state index contributed by atoms with van der Waals surface area (Å²) in [4.78, 5) is 12.8. The maximum absolute atomic E-state index is 7.12. The molecular formula is C62H40N4OPtSi2. The van der Waals surface area contributed by atoms with Crippen LogP contribution in [-0.2, 0) is 21.1 Å². The third-order valence-electron chi connectivity index (χ3n) is 14.5. The van der Waals surface area contributed by atoms with Crippen molar-refractivity contribution in [2.75, 3.05) is 4.90 Å². The number of anilines is 3. The fourth-order valence-electron chi connectivity index (χ4n) is 11.6. The number of aromatic nitrogens is 3. The summed E-state index contributed by atoms with van der Waals surface area (Å²) >= 11 is 0. The molecule has 1 aliphatic rings. The maximum Gasteiger partial charge on any atom is 2.00 e. The molecule has 0 atom stereocenters. The first-order valence-electron chi connectivity index (χ1n) is 23.4. The molecule has 0 amide bonds. The molecule has 0 radical (unpaired) electrons. The average Bonchev–Trinajstić information content (AvgIpc) is 4.08. The van der Waals surface area contributed by atoms with E-state index in [1.807, 2.05) is 12.4 Å². The fraction of sp³-hybridized carbons (Fsp3) is 0. The minimum absolute atomic E-state index is 0. The molecule has 0 N–H and O–H groups in total. The van der Waals surface area contributed by atoms with E-state index >= 15 is 0 Å². The molecule has 4 aromatic heterocycles. The first-order chi connectivity index (χ1) is 34.2. The van der Waals surface area contributed by atoms with Crippen molar-refractivity contribution in [3.8, 4) is 0 Å². The van der Waals surface area contributed by atoms with Crippen LogP contribution >= 0.6 is 0 Å². The van der Waals surface area contributed by atoms with E-state index in [0.29, 0.717) is 0 Å². The molecule has 13 aromatic rings.